The Balaban J connectivity index is 1.61. The summed E-state index contributed by atoms with van der Waals surface area (Å²) in [4.78, 5) is 7.40. The molecule has 2 saturated heterocycles. The van der Waals surface area contributed by atoms with Crippen LogP contribution in [-0.2, 0) is 0 Å². The van der Waals surface area contributed by atoms with Crippen molar-refractivity contribution < 1.29 is 0 Å². The summed E-state index contributed by atoms with van der Waals surface area (Å²) in [5.74, 6) is 4.10. The fourth-order valence-corrected chi connectivity index (χ4v) is 4.55. The molecule has 0 aromatic carbocycles. The van der Waals surface area contributed by atoms with Crippen molar-refractivity contribution in [2.75, 3.05) is 26.2 Å². The van der Waals surface area contributed by atoms with Crippen molar-refractivity contribution in [3.05, 3.63) is 0 Å². The second-order valence-corrected chi connectivity index (χ2v) is 6.74. The van der Waals surface area contributed by atoms with Crippen LogP contribution in [0.2, 0.25) is 0 Å². The van der Waals surface area contributed by atoms with Gasteiger partial charge in [-0.2, -0.15) is 0 Å². The Morgan fingerprint density at radius 1 is 1.05 bits per heavy atom. The molecule has 4 atom stereocenters. The Hall–Kier alpha value is -0.570. The standard InChI is InChI=1S/C16H29N3/c1-3-19(4-2)6-5-17-16-14-8-12-7-13(9-14)11-15(10-12)18-16/h12-15H,3-11H2,1-2H3,(H,17,18)/t12-,13+,14?,15?. The van der Waals surface area contributed by atoms with Gasteiger partial charge >= 0.3 is 0 Å². The molecule has 4 fully saturated rings. The van der Waals surface area contributed by atoms with Gasteiger partial charge in [0.15, 0.2) is 0 Å². The maximum absolute atomic E-state index is 4.94. The van der Waals surface area contributed by atoms with Crippen molar-refractivity contribution in [2.24, 2.45) is 22.7 Å². The average Bonchev–Trinajstić information content (AvgIpc) is 2.59. The molecule has 0 aromatic rings. The zero-order valence-electron chi connectivity index (χ0n) is 12.6. The zero-order chi connectivity index (χ0) is 13.2. The van der Waals surface area contributed by atoms with E-state index in [9.17, 15) is 0 Å². The number of hydrogen-bond donors (Lipinski definition) is 1. The summed E-state index contributed by atoms with van der Waals surface area (Å²) in [6.07, 6.45) is 7.12. The van der Waals surface area contributed by atoms with Gasteiger partial charge in [0, 0.05) is 18.5 Å². The summed E-state index contributed by atoms with van der Waals surface area (Å²) in [5.41, 5.74) is 0. The van der Waals surface area contributed by atoms with Crippen LogP contribution in [0.5, 0.6) is 0 Å². The van der Waals surface area contributed by atoms with E-state index < -0.39 is 0 Å². The van der Waals surface area contributed by atoms with Gasteiger partial charge in [-0.05, 0) is 57.0 Å². The van der Waals surface area contributed by atoms with Crippen LogP contribution in [0.3, 0.4) is 0 Å². The van der Waals surface area contributed by atoms with Gasteiger partial charge in [0.25, 0.3) is 0 Å². The minimum Gasteiger partial charge on any atom is -0.371 e. The number of likely N-dealkylation sites (N-methyl/N-ethyl adjacent to an activating group) is 1. The maximum Gasteiger partial charge on any atom is 0.0997 e. The molecule has 3 nitrogen and oxygen atoms in total. The van der Waals surface area contributed by atoms with Crippen molar-refractivity contribution in [3.63, 3.8) is 0 Å². The van der Waals surface area contributed by atoms with E-state index >= 15 is 0 Å². The molecular weight excluding hydrogens is 234 g/mol. The van der Waals surface area contributed by atoms with E-state index in [1.54, 1.807) is 0 Å². The Morgan fingerprint density at radius 3 is 2.37 bits per heavy atom. The molecule has 0 radical (unpaired) electrons. The van der Waals surface area contributed by atoms with Gasteiger partial charge in [0.1, 0.15) is 0 Å². The lowest BCUT2D eigenvalue weighted by molar-refractivity contribution is 0.162. The first-order valence-electron chi connectivity index (χ1n) is 8.31. The van der Waals surface area contributed by atoms with Crippen LogP contribution >= 0.6 is 0 Å². The van der Waals surface area contributed by atoms with E-state index in [4.69, 9.17) is 4.99 Å². The van der Waals surface area contributed by atoms with Gasteiger partial charge in [-0.15, -0.1) is 0 Å². The number of aliphatic imine (C=N–C) groups is 1. The first kappa shape index (κ1) is 13.4. The normalized spacial score (nSPS) is 38.8. The predicted octanol–water partition coefficient (Wildman–Crippen LogP) is 2.52. The van der Waals surface area contributed by atoms with E-state index in [0.29, 0.717) is 0 Å². The number of rotatable bonds is 5. The lowest BCUT2D eigenvalue weighted by Gasteiger charge is -2.37. The number of amidine groups is 1. The van der Waals surface area contributed by atoms with Gasteiger partial charge in [0.05, 0.1) is 12.4 Å². The first-order chi connectivity index (χ1) is 9.28. The van der Waals surface area contributed by atoms with Crippen molar-refractivity contribution in [3.8, 4) is 0 Å². The van der Waals surface area contributed by atoms with Crippen LogP contribution in [0, 0.1) is 17.8 Å². The molecule has 1 N–H and O–H groups in total. The Morgan fingerprint density at radius 2 is 1.74 bits per heavy atom. The lowest BCUT2D eigenvalue weighted by atomic mass is 9.68. The van der Waals surface area contributed by atoms with Crippen LogP contribution < -0.4 is 5.32 Å². The van der Waals surface area contributed by atoms with Gasteiger partial charge in [-0.25, -0.2) is 0 Å². The molecular formula is C16H29N3. The number of hydrogen-bond acceptors (Lipinski definition) is 2. The zero-order valence-corrected chi connectivity index (χ0v) is 12.6. The average molecular weight is 263 g/mol. The van der Waals surface area contributed by atoms with E-state index in [0.717, 1.165) is 50.0 Å². The highest BCUT2D eigenvalue weighted by atomic mass is 15.1. The topological polar surface area (TPSA) is 27.6 Å². The molecule has 0 spiro atoms. The molecule has 2 unspecified atom stereocenters. The lowest BCUT2D eigenvalue weighted by Crippen LogP contribution is -2.36. The molecule has 2 heterocycles. The minimum atomic E-state index is 0.739. The Labute approximate surface area is 117 Å². The molecule has 0 amide bonds. The summed E-state index contributed by atoms with van der Waals surface area (Å²) < 4.78 is 0. The molecule has 3 heteroatoms. The maximum atomic E-state index is 4.94. The Bertz CT molecular complexity index is 321. The van der Waals surface area contributed by atoms with Crippen LogP contribution in [0.25, 0.3) is 0 Å². The van der Waals surface area contributed by atoms with Crippen LogP contribution in [0.1, 0.15) is 46.0 Å². The van der Waals surface area contributed by atoms with E-state index in [1.807, 2.05) is 0 Å². The monoisotopic (exact) mass is 263 g/mol. The molecule has 108 valence electrons. The van der Waals surface area contributed by atoms with Crippen LogP contribution in [0.15, 0.2) is 4.99 Å². The van der Waals surface area contributed by atoms with Crippen LogP contribution in [0.4, 0.5) is 0 Å². The molecule has 0 aromatic heterocycles. The van der Waals surface area contributed by atoms with Gasteiger partial charge in [-0.1, -0.05) is 13.8 Å². The van der Waals surface area contributed by atoms with Crippen LogP contribution in [-0.4, -0.2) is 43.0 Å². The van der Waals surface area contributed by atoms with Gasteiger partial charge in [-0.3, -0.25) is 4.99 Å². The number of fused-ring (bicyclic) bond motifs is 1. The molecule has 2 aliphatic carbocycles. The predicted molar refractivity (Wildman–Crippen MR) is 80.6 cm³/mol. The number of nitrogens with zero attached hydrogens (tertiary/aromatic N) is 2. The third kappa shape index (κ3) is 2.96. The van der Waals surface area contributed by atoms with E-state index in [1.165, 1.54) is 37.9 Å². The van der Waals surface area contributed by atoms with Crippen molar-refractivity contribution in [1.82, 2.24) is 10.2 Å². The minimum absolute atomic E-state index is 0.739. The molecule has 4 rings (SSSR count). The van der Waals surface area contributed by atoms with E-state index in [-0.39, 0.29) is 0 Å². The summed E-state index contributed by atoms with van der Waals surface area (Å²) in [7, 11) is 0. The van der Waals surface area contributed by atoms with Crippen molar-refractivity contribution in [2.45, 2.75) is 52.0 Å². The molecule has 4 bridgehead atoms. The molecule has 4 aliphatic rings. The summed E-state index contributed by atoms with van der Waals surface area (Å²) in [6, 6.07) is 0.739. The fourth-order valence-electron chi connectivity index (χ4n) is 4.55. The smallest absolute Gasteiger partial charge is 0.0997 e. The molecule has 19 heavy (non-hydrogen) atoms. The third-order valence-corrected chi connectivity index (χ3v) is 5.47. The molecule has 2 aliphatic heterocycles. The highest BCUT2D eigenvalue weighted by molar-refractivity contribution is 5.85. The van der Waals surface area contributed by atoms with E-state index in [2.05, 4.69) is 24.1 Å². The summed E-state index contributed by atoms with van der Waals surface area (Å²) in [6.45, 7) is 8.85. The SMILES string of the molecule is CCN(CC)CCN=C1NC2C[C@@H]3CC1C[C@H](C2)C3. The Kier molecular flexibility index (Phi) is 4.11. The summed E-state index contributed by atoms with van der Waals surface area (Å²) in [5, 5.41) is 3.78. The second kappa shape index (κ2) is 5.82. The van der Waals surface area contributed by atoms with Gasteiger partial charge in [0.2, 0.25) is 0 Å². The first-order valence-corrected chi connectivity index (χ1v) is 8.31. The highest BCUT2D eigenvalue weighted by Crippen LogP contribution is 2.45. The van der Waals surface area contributed by atoms with Crippen molar-refractivity contribution in [1.29, 1.82) is 0 Å². The quantitative estimate of drug-likeness (QED) is 0.825. The largest absolute Gasteiger partial charge is 0.371 e. The second-order valence-electron chi connectivity index (χ2n) is 6.74. The highest BCUT2D eigenvalue weighted by Gasteiger charge is 2.41. The molecule has 2 saturated carbocycles. The number of nitrogens with one attached hydrogen (secondary N) is 1. The fraction of sp³-hybridized carbons (Fsp3) is 0.938. The summed E-state index contributed by atoms with van der Waals surface area (Å²) >= 11 is 0. The van der Waals surface area contributed by atoms with Crippen molar-refractivity contribution >= 4 is 5.84 Å². The van der Waals surface area contributed by atoms with Gasteiger partial charge < -0.3 is 10.2 Å². The third-order valence-electron chi connectivity index (χ3n) is 5.47.